The molecule has 0 atom stereocenters. The maximum absolute atomic E-state index is 12.6. The van der Waals surface area contributed by atoms with Crippen molar-refractivity contribution in [2.24, 2.45) is 0 Å². The van der Waals surface area contributed by atoms with Crippen molar-refractivity contribution in [2.75, 3.05) is 19.2 Å². The predicted octanol–water partition coefficient (Wildman–Crippen LogP) is 2.86. The molecule has 0 radical (unpaired) electrons. The van der Waals surface area contributed by atoms with E-state index in [1.807, 2.05) is 30.3 Å². The zero-order valence-electron chi connectivity index (χ0n) is 13.4. The maximum atomic E-state index is 12.6. The van der Waals surface area contributed by atoms with E-state index in [1.165, 1.54) is 7.11 Å². The summed E-state index contributed by atoms with van der Waals surface area (Å²) in [6.07, 6.45) is 1.67. The molecule has 1 aliphatic heterocycles. The van der Waals surface area contributed by atoms with Crippen molar-refractivity contribution in [3.63, 3.8) is 0 Å². The number of nitrogens with zero attached hydrogens (tertiary/aromatic N) is 2. The molecule has 0 saturated heterocycles. The lowest BCUT2D eigenvalue weighted by Crippen LogP contribution is -2.14. The number of anilines is 1. The lowest BCUT2D eigenvalue weighted by atomic mass is 10.2. The standard InChI is InChI=1S/C18H15N3O4/c1-23-16-10-21(13-5-3-2-4-6-13)20-17(16)18(22)19-12-7-8-14-15(9-12)25-11-24-14/h2-10H,11H2,1H3,(H,19,22). The summed E-state index contributed by atoms with van der Waals surface area (Å²) in [6, 6.07) is 14.7. The summed E-state index contributed by atoms with van der Waals surface area (Å²) >= 11 is 0. The summed E-state index contributed by atoms with van der Waals surface area (Å²) in [6.45, 7) is 0.183. The van der Waals surface area contributed by atoms with Gasteiger partial charge < -0.3 is 19.5 Å². The molecule has 1 aliphatic rings. The fraction of sp³-hybridized carbons (Fsp3) is 0.111. The predicted molar refractivity (Wildman–Crippen MR) is 90.6 cm³/mol. The smallest absolute Gasteiger partial charge is 0.280 e. The van der Waals surface area contributed by atoms with Crippen LogP contribution in [0.3, 0.4) is 0 Å². The molecular formula is C18H15N3O4. The number of para-hydroxylation sites is 1. The van der Waals surface area contributed by atoms with E-state index < -0.39 is 0 Å². The van der Waals surface area contributed by atoms with Gasteiger partial charge in [0.05, 0.1) is 19.0 Å². The number of methoxy groups -OCH3 is 1. The van der Waals surface area contributed by atoms with Gasteiger partial charge in [0.1, 0.15) is 0 Å². The van der Waals surface area contributed by atoms with Gasteiger partial charge in [0, 0.05) is 11.8 Å². The van der Waals surface area contributed by atoms with Crippen LogP contribution in [0, 0.1) is 0 Å². The fourth-order valence-corrected chi connectivity index (χ4v) is 2.54. The molecule has 4 rings (SSSR count). The van der Waals surface area contributed by atoms with Crippen molar-refractivity contribution >= 4 is 11.6 Å². The van der Waals surface area contributed by atoms with Crippen LogP contribution in [-0.2, 0) is 0 Å². The van der Waals surface area contributed by atoms with Crippen LogP contribution in [0.4, 0.5) is 5.69 Å². The normalized spacial score (nSPS) is 12.0. The molecule has 0 fully saturated rings. The molecule has 1 N–H and O–H groups in total. The highest BCUT2D eigenvalue weighted by Crippen LogP contribution is 2.34. The van der Waals surface area contributed by atoms with Crippen molar-refractivity contribution in [3.8, 4) is 22.9 Å². The van der Waals surface area contributed by atoms with Crippen LogP contribution in [0.15, 0.2) is 54.7 Å². The zero-order valence-corrected chi connectivity index (χ0v) is 13.4. The second-order valence-corrected chi connectivity index (χ2v) is 5.35. The Labute approximate surface area is 143 Å². The largest absolute Gasteiger partial charge is 0.493 e. The lowest BCUT2D eigenvalue weighted by molar-refractivity contribution is 0.101. The molecular weight excluding hydrogens is 322 g/mol. The van der Waals surface area contributed by atoms with Crippen LogP contribution in [-0.4, -0.2) is 29.6 Å². The van der Waals surface area contributed by atoms with Gasteiger partial charge in [-0.05, 0) is 24.3 Å². The summed E-state index contributed by atoms with van der Waals surface area (Å²) in [7, 11) is 1.50. The van der Waals surface area contributed by atoms with Gasteiger partial charge in [-0.3, -0.25) is 4.79 Å². The van der Waals surface area contributed by atoms with Crippen LogP contribution in [0.25, 0.3) is 5.69 Å². The molecule has 0 saturated carbocycles. The SMILES string of the molecule is COc1cn(-c2ccccc2)nc1C(=O)Nc1ccc2c(c1)OCO2. The molecule has 0 aliphatic carbocycles. The molecule has 3 aromatic rings. The van der Waals surface area contributed by atoms with E-state index >= 15 is 0 Å². The second kappa shape index (κ2) is 6.20. The first-order valence-electron chi connectivity index (χ1n) is 7.64. The molecule has 7 nitrogen and oxygen atoms in total. The van der Waals surface area contributed by atoms with Crippen LogP contribution in [0.1, 0.15) is 10.5 Å². The van der Waals surface area contributed by atoms with Crippen molar-refractivity contribution in [1.29, 1.82) is 0 Å². The molecule has 2 heterocycles. The average Bonchev–Trinajstić information content (AvgIpc) is 3.28. The molecule has 2 aromatic carbocycles. The zero-order chi connectivity index (χ0) is 17.2. The molecule has 7 heteroatoms. The molecule has 1 aromatic heterocycles. The number of hydrogen-bond donors (Lipinski definition) is 1. The van der Waals surface area contributed by atoms with E-state index in [1.54, 1.807) is 29.1 Å². The Morgan fingerprint density at radius 3 is 2.76 bits per heavy atom. The number of rotatable bonds is 4. The fourth-order valence-electron chi connectivity index (χ4n) is 2.54. The van der Waals surface area contributed by atoms with Gasteiger partial charge in [0.15, 0.2) is 22.9 Å². The van der Waals surface area contributed by atoms with Crippen molar-refractivity contribution in [2.45, 2.75) is 0 Å². The molecule has 1 amide bonds. The highest BCUT2D eigenvalue weighted by atomic mass is 16.7. The Morgan fingerprint density at radius 2 is 1.96 bits per heavy atom. The number of nitrogens with one attached hydrogen (secondary N) is 1. The van der Waals surface area contributed by atoms with Crippen LogP contribution >= 0.6 is 0 Å². The van der Waals surface area contributed by atoms with E-state index in [4.69, 9.17) is 14.2 Å². The molecule has 25 heavy (non-hydrogen) atoms. The van der Waals surface area contributed by atoms with Crippen LogP contribution < -0.4 is 19.5 Å². The highest BCUT2D eigenvalue weighted by molar-refractivity contribution is 6.04. The summed E-state index contributed by atoms with van der Waals surface area (Å²) in [4.78, 5) is 12.6. The Bertz CT molecular complexity index is 921. The number of hydrogen-bond acceptors (Lipinski definition) is 5. The Balaban J connectivity index is 1.60. The third-order valence-corrected chi connectivity index (χ3v) is 3.77. The minimum absolute atomic E-state index is 0.183. The van der Waals surface area contributed by atoms with Gasteiger partial charge in [0.25, 0.3) is 5.91 Å². The third-order valence-electron chi connectivity index (χ3n) is 3.77. The summed E-state index contributed by atoms with van der Waals surface area (Å²) in [5.41, 5.74) is 1.62. The first-order chi connectivity index (χ1) is 12.2. The Hall–Kier alpha value is -3.48. The molecule has 0 spiro atoms. The highest BCUT2D eigenvalue weighted by Gasteiger charge is 2.20. The Morgan fingerprint density at radius 1 is 1.16 bits per heavy atom. The van der Waals surface area contributed by atoms with Gasteiger partial charge in [-0.1, -0.05) is 18.2 Å². The van der Waals surface area contributed by atoms with Gasteiger partial charge >= 0.3 is 0 Å². The van der Waals surface area contributed by atoms with Gasteiger partial charge in [0.2, 0.25) is 6.79 Å². The van der Waals surface area contributed by atoms with Gasteiger partial charge in [-0.25, -0.2) is 4.68 Å². The number of ether oxygens (including phenoxy) is 3. The minimum atomic E-state index is -0.370. The minimum Gasteiger partial charge on any atom is -0.493 e. The molecule has 126 valence electrons. The number of fused-ring (bicyclic) bond motifs is 1. The average molecular weight is 337 g/mol. The topological polar surface area (TPSA) is 74.6 Å². The Kier molecular flexibility index (Phi) is 3.74. The number of carbonyl (C=O) groups excluding carboxylic acids is 1. The van der Waals surface area contributed by atoms with Gasteiger partial charge in [-0.2, -0.15) is 5.10 Å². The maximum Gasteiger partial charge on any atom is 0.280 e. The summed E-state index contributed by atoms with van der Waals surface area (Å²) < 4.78 is 17.5. The lowest BCUT2D eigenvalue weighted by Gasteiger charge is -2.05. The molecule has 0 unspecified atom stereocenters. The summed E-state index contributed by atoms with van der Waals surface area (Å²) in [5.74, 6) is 1.27. The van der Waals surface area contributed by atoms with E-state index in [-0.39, 0.29) is 18.4 Å². The number of carbonyl (C=O) groups is 1. The van der Waals surface area contributed by atoms with Crippen LogP contribution in [0.2, 0.25) is 0 Å². The summed E-state index contributed by atoms with van der Waals surface area (Å²) in [5, 5.41) is 7.14. The number of amides is 1. The van der Waals surface area contributed by atoms with E-state index in [0.29, 0.717) is 22.9 Å². The van der Waals surface area contributed by atoms with Gasteiger partial charge in [-0.15, -0.1) is 0 Å². The quantitative estimate of drug-likeness (QED) is 0.792. The van der Waals surface area contributed by atoms with Crippen molar-refractivity contribution < 1.29 is 19.0 Å². The third kappa shape index (κ3) is 2.87. The monoisotopic (exact) mass is 337 g/mol. The van der Waals surface area contributed by atoms with E-state index in [2.05, 4.69) is 10.4 Å². The van der Waals surface area contributed by atoms with E-state index in [9.17, 15) is 4.79 Å². The first kappa shape index (κ1) is 15.1. The van der Waals surface area contributed by atoms with Crippen molar-refractivity contribution in [3.05, 3.63) is 60.4 Å². The van der Waals surface area contributed by atoms with Crippen molar-refractivity contribution in [1.82, 2.24) is 9.78 Å². The van der Waals surface area contributed by atoms with E-state index in [0.717, 1.165) is 5.69 Å². The van der Waals surface area contributed by atoms with Crippen LogP contribution in [0.5, 0.6) is 17.2 Å². The molecule has 0 bridgehead atoms. The first-order valence-corrected chi connectivity index (χ1v) is 7.64. The second-order valence-electron chi connectivity index (χ2n) is 5.35. The number of benzene rings is 2. The number of aromatic nitrogens is 2.